The van der Waals surface area contributed by atoms with Crippen molar-refractivity contribution in [1.82, 2.24) is 9.97 Å². The van der Waals surface area contributed by atoms with Crippen molar-refractivity contribution in [3.05, 3.63) is 53.5 Å². The summed E-state index contributed by atoms with van der Waals surface area (Å²) < 4.78 is 0. The Kier molecular flexibility index (Phi) is 5.26. The Labute approximate surface area is 171 Å². The van der Waals surface area contributed by atoms with Crippen LogP contribution in [0.4, 0.5) is 5.82 Å². The molecule has 2 amide bonds. The minimum atomic E-state index is -0.356. The molecule has 1 saturated carbocycles. The maximum Gasteiger partial charge on any atom is 0.295 e. The molecule has 2 unspecified atom stereocenters. The maximum absolute atomic E-state index is 13.3. The van der Waals surface area contributed by atoms with E-state index in [9.17, 15) is 9.59 Å². The van der Waals surface area contributed by atoms with Crippen LogP contribution in [0.15, 0.2) is 41.4 Å². The van der Waals surface area contributed by atoms with Gasteiger partial charge in [0.05, 0.1) is 5.41 Å². The molecule has 3 heterocycles. The van der Waals surface area contributed by atoms with Gasteiger partial charge in [0.15, 0.2) is 0 Å². The first-order valence-electron chi connectivity index (χ1n) is 10.2. The molecule has 2 aromatic heterocycles. The van der Waals surface area contributed by atoms with E-state index in [1.54, 1.807) is 12.3 Å². The van der Waals surface area contributed by atoms with Crippen molar-refractivity contribution in [3.8, 4) is 0 Å². The monoisotopic (exact) mass is 390 g/mol. The zero-order valence-corrected chi connectivity index (χ0v) is 17.0. The lowest BCUT2D eigenvalue weighted by Crippen LogP contribution is -2.39. The molecule has 2 atom stereocenters. The van der Waals surface area contributed by atoms with E-state index in [2.05, 4.69) is 15.0 Å². The molecule has 29 heavy (non-hydrogen) atoms. The number of hydrogen-bond acceptors (Lipinski definition) is 4. The van der Waals surface area contributed by atoms with Crippen molar-refractivity contribution in [2.75, 3.05) is 11.4 Å². The zero-order chi connectivity index (χ0) is 20.4. The smallest absolute Gasteiger partial charge is 0.295 e. The number of rotatable bonds is 3. The fraction of sp³-hybridized carbons (Fsp3) is 0.435. The van der Waals surface area contributed by atoms with E-state index >= 15 is 0 Å². The van der Waals surface area contributed by atoms with Crippen LogP contribution in [-0.4, -0.2) is 34.5 Å². The molecule has 1 saturated heterocycles. The lowest BCUT2D eigenvalue weighted by molar-refractivity contribution is -0.127. The number of anilines is 1. The summed E-state index contributed by atoms with van der Waals surface area (Å²) in [6.45, 7) is 4.49. The molecule has 0 N–H and O–H groups in total. The number of amides is 2. The second-order valence-corrected chi connectivity index (χ2v) is 8.23. The minimum Gasteiger partial charge on any atom is -0.296 e. The molecule has 6 nitrogen and oxygen atoms in total. The first-order valence-corrected chi connectivity index (χ1v) is 10.2. The Hall–Kier alpha value is -2.89. The second-order valence-electron chi connectivity index (χ2n) is 8.23. The van der Waals surface area contributed by atoms with E-state index in [1.165, 1.54) is 0 Å². The Bertz CT molecular complexity index is 971. The van der Waals surface area contributed by atoms with E-state index in [-0.39, 0.29) is 23.1 Å². The van der Waals surface area contributed by atoms with Gasteiger partial charge in [-0.1, -0.05) is 18.6 Å². The number of aryl methyl sites for hydroxylation is 2. The van der Waals surface area contributed by atoms with Crippen LogP contribution in [0.3, 0.4) is 0 Å². The van der Waals surface area contributed by atoms with Crippen LogP contribution in [0.25, 0.3) is 0 Å². The van der Waals surface area contributed by atoms with Gasteiger partial charge in [0, 0.05) is 24.1 Å². The summed E-state index contributed by atoms with van der Waals surface area (Å²) in [4.78, 5) is 40.4. The molecule has 2 aromatic rings. The third-order valence-corrected chi connectivity index (χ3v) is 6.06. The van der Waals surface area contributed by atoms with Crippen molar-refractivity contribution in [1.29, 1.82) is 0 Å². The Morgan fingerprint density at radius 2 is 1.90 bits per heavy atom. The summed E-state index contributed by atoms with van der Waals surface area (Å²) in [5.74, 6) is 0.715. The quantitative estimate of drug-likeness (QED) is 0.745. The standard InChI is InChI=1S/C23H26N4O2/c1-16-6-3-9-19(25-16)21(28)24-15-18-8-5-11-23(14-18)12-13-27(22(23)29)20-10-4-7-17(2)26-20/h3-4,6-7,9-10,15,18H,5,8,11-14H2,1-2H3. The third-order valence-electron chi connectivity index (χ3n) is 6.06. The number of carbonyl (C=O) groups excluding carboxylic acids is 2. The van der Waals surface area contributed by atoms with Gasteiger partial charge in [-0.3, -0.25) is 14.5 Å². The number of aromatic nitrogens is 2. The second kappa shape index (κ2) is 7.85. The fourth-order valence-electron chi connectivity index (χ4n) is 4.58. The zero-order valence-electron chi connectivity index (χ0n) is 17.0. The fourth-order valence-corrected chi connectivity index (χ4v) is 4.58. The molecule has 1 aliphatic heterocycles. The summed E-state index contributed by atoms with van der Waals surface area (Å²) >= 11 is 0. The Morgan fingerprint density at radius 1 is 1.14 bits per heavy atom. The number of nitrogens with zero attached hydrogens (tertiary/aromatic N) is 4. The third kappa shape index (κ3) is 3.97. The Balaban J connectivity index is 1.47. The molecule has 1 spiro atoms. The van der Waals surface area contributed by atoms with Crippen LogP contribution in [0, 0.1) is 25.2 Å². The maximum atomic E-state index is 13.3. The molecule has 2 aliphatic rings. The highest BCUT2D eigenvalue weighted by molar-refractivity contribution is 6.00. The summed E-state index contributed by atoms with van der Waals surface area (Å²) in [5, 5.41) is 0. The van der Waals surface area contributed by atoms with Crippen LogP contribution >= 0.6 is 0 Å². The van der Waals surface area contributed by atoms with E-state index in [1.807, 2.05) is 49.1 Å². The van der Waals surface area contributed by atoms with E-state index in [4.69, 9.17) is 0 Å². The van der Waals surface area contributed by atoms with Crippen LogP contribution in [-0.2, 0) is 4.79 Å². The molecule has 0 aromatic carbocycles. The Morgan fingerprint density at radius 3 is 2.66 bits per heavy atom. The highest BCUT2D eigenvalue weighted by Crippen LogP contribution is 2.47. The molecular weight excluding hydrogens is 364 g/mol. The highest BCUT2D eigenvalue weighted by atomic mass is 16.2. The van der Waals surface area contributed by atoms with E-state index in [0.717, 1.165) is 49.3 Å². The van der Waals surface area contributed by atoms with Crippen LogP contribution in [0.2, 0.25) is 0 Å². The summed E-state index contributed by atoms with van der Waals surface area (Å²) in [7, 11) is 0. The number of pyridine rings is 2. The first-order chi connectivity index (χ1) is 14.0. The predicted octanol–water partition coefficient (Wildman–Crippen LogP) is 3.92. The number of hydrogen-bond donors (Lipinski definition) is 0. The molecule has 4 rings (SSSR count). The normalized spacial score (nSPS) is 24.6. The average molecular weight is 390 g/mol. The predicted molar refractivity (Wildman–Crippen MR) is 112 cm³/mol. The van der Waals surface area contributed by atoms with Crippen molar-refractivity contribution in [2.45, 2.75) is 46.0 Å². The molecule has 2 fully saturated rings. The summed E-state index contributed by atoms with van der Waals surface area (Å²) in [6, 6.07) is 11.1. The van der Waals surface area contributed by atoms with Gasteiger partial charge in [-0.15, -0.1) is 0 Å². The first kappa shape index (κ1) is 19.4. The minimum absolute atomic E-state index is 0.131. The molecule has 1 aliphatic carbocycles. The van der Waals surface area contributed by atoms with Gasteiger partial charge in [0.1, 0.15) is 11.5 Å². The van der Waals surface area contributed by atoms with E-state index in [0.29, 0.717) is 12.2 Å². The summed E-state index contributed by atoms with van der Waals surface area (Å²) in [6.07, 6.45) is 6.13. The van der Waals surface area contributed by atoms with Gasteiger partial charge >= 0.3 is 0 Å². The molecule has 0 radical (unpaired) electrons. The van der Waals surface area contributed by atoms with Crippen LogP contribution < -0.4 is 4.90 Å². The summed E-state index contributed by atoms with van der Waals surface area (Å²) in [5.41, 5.74) is 1.71. The topological polar surface area (TPSA) is 75.5 Å². The van der Waals surface area contributed by atoms with Crippen LogP contribution in [0.1, 0.15) is 54.0 Å². The molecule has 0 bridgehead atoms. The molecule has 150 valence electrons. The SMILES string of the molecule is Cc1cccc(C(=O)N=CC2CCCC3(CCN(c4cccc(C)n4)C3=O)C2)n1. The number of aliphatic imine (C=N–C) groups is 1. The lowest BCUT2D eigenvalue weighted by Gasteiger charge is -2.35. The van der Waals surface area contributed by atoms with Gasteiger partial charge in [-0.2, -0.15) is 0 Å². The van der Waals surface area contributed by atoms with Gasteiger partial charge in [0.2, 0.25) is 5.91 Å². The molecular formula is C23H26N4O2. The van der Waals surface area contributed by atoms with Crippen molar-refractivity contribution < 1.29 is 9.59 Å². The number of carbonyl (C=O) groups is 2. The lowest BCUT2D eigenvalue weighted by atomic mass is 9.69. The van der Waals surface area contributed by atoms with Gasteiger partial charge in [-0.05, 0) is 69.7 Å². The van der Waals surface area contributed by atoms with Crippen molar-refractivity contribution in [2.24, 2.45) is 16.3 Å². The van der Waals surface area contributed by atoms with Crippen molar-refractivity contribution >= 4 is 23.8 Å². The van der Waals surface area contributed by atoms with Gasteiger partial charge in [-0.25, -0.2) is 15.0 Å². The van der Waals surface area contributed by atoms with Crippen molar-refractivity contribution in [3.63, 3.8) is 0 Å². The molecule has 6 heteroatoms. The largest absolute Gasteiger partial charge is 0.296 e. The van der Waals surface area contributed by atoms with Crippen LogP contribution in [0.5, 0.6) is 0 Å². The van der Waals surface area contributed by atoms with Gasteiger partial charge < -0.3 is 0 Å². The average Bonchev–Trinajstić information content (AvgIpc) is 3.02. The van der Waals surface area contributed by atoms with Gasteiger partial charge in [0.25, 0.3) is 5.91 Å². The van der Waals surface area contributed by atoms with E-state index < -0.39 is 0 Å². The highest BCUT2D eigenvalue weighted by Gasteiger charge is 2.49.